The number of nitrogens with zero attached hydrogens (tertiary/aromatic N) is 2. The zero-order valence-corrected chi connectivity index (χ0v) is 11.8. The number of para-hydroxylation sites is 1. The van der Waals surface area contributed by atoms with Gasteiger partial charge in [-0.05, 0) is 23.8 Å². The molecular formula is C16H11N3O4. The summed E-state index contributed by atoms with van der Waals surface area (Å²) < 4.78 is 0. The van der Waals surface area contributed by atoms with Gasteiger partial charge in [-0.3, -0.25) is 25.1 Å². The maximum absolute atomic E-state index is 12.4. The molecule has 0 saturated carbocycles. The molecule has 1 aliphatic rings. The molecule has 7 heteroatoms. The van der Waals surface area contributed by atoms with E-state index in [2.05, 4.69) is 5.43 Å². The number of nitrogens with one attached hydrogen (secondary N) is 1. The molecule has 0 radical (unpaired) electrons. The van der Waals surface area contributed by atoms with Crippen molar-refractivity contribution >= 4 is 29.3 Å². The van der Waals surface area contributed by atoms with Crippen LogP contribution >= 0.6 is 0 Å². The lowest BCUT2D eigenvalue weighted by molar-refractivity contribution is -0.384. The summed E-state index contributed by atoms with van der Waals surface area (Å²) in [7, 11) is 0. The number of hydrogen-bond donors (Lipinski definition) is 1. The maximum atomic E-state index is 12.4. The highest BCUT2D eigenvalue weighted by molar-refractivity contribution is 6.31. The Morgan fingerprint density at radius 2 is 1.78 bits per heavy atom. The molecule has 1 N–H and O–H groups in total. The molecule has 0 aromatic heterocycles. The zero-order chi connectivity index (χ0) is 16.4. The van der Waals surface area contributed by atoms with Crippen LogP contribution in [0.1, 0.15) is 5.56 Å². The van der Waals surface area contributed by atoms with Crippen molar-refractivity contribution in [2.24, 2.45) is 0 Å². The monoisotopic (exact) mass is 309 g/mol. The zero-order valence-electron chi connectivity index (χ0n) is 11.8. The molecule has 2 amide bonds. The second-order valence-corrected chi connectivity index (χ2v) is 4.83. The normalized spacial score (nSPS) is 15.8. The Morgan fingerprint density at radius 1 is 1.04 bits per heavy atom. The Bertz CT molecular complexity index is 830. The van der Waals surface area contributed by atoms with E-state index in [1.165, 1.54) is 24.3 Å². The standard InChI is InChI=1S/C16H11N3O4/c20-15-14(10-11-5-4-8-13(9-11)19(22)23)16(21)18(17-15)12-6-2-1-3-7-12/h1-10H,(H,17,20)/b14-10-. The number of non-ortho nitro benzene ring substituents is 1. The van der Waals surface area contributed by atoms with Gasteiger partial charge < -0.3 is 0 Å². The van der Waals surface area contributed by atoms with Gasteiger partial charge in [0, 0.05) is 12.1 Å². The maximum Gasteiger partial charge on any atom is 0.282 e. The molecule has 114 valence electrons. The van der Waals surface area contributed by atoms with Crippen LogP contribution in [0.3, 0.4) is 0 Å². The highest BCUT2D eigenvalue weighted by atomic mass is 16.6. The highest BCUT2D eigenvalue weighted by Crippen LogP contribution is 2.22. The Hall–Kier alpha value is -3.48. The Morgan fingerprint density at radius 3 is 2.48 bits per heavy atom. The van der Waals surface area contributed by atoms with Gasteiger partial charge in [-0.25, -0.2) is 5.01 Å². The summed E-state index contributed by atoms with van der Waals surface area (Å²) in [5.41, 5.74) is 3.23. The molecule has 3 rings (SSSR count). The lowest BCUT2D eigenvalue weighted by Crippen LogP contribution is -2.35. The molecule has 0 spiro atoms. The van der Waals surface area contributed by atoms with E-state index in [9.17, 15) is 19.7 Å². The molecule has 2 aromatic carbocycles. The Kier molecular flexibility index (Phi) is 3.60. The molecule has 0 unspecified atom stereocenters. The number of carbonyl (C=O) groups excluding carboxylic acids is 2. The van der Waals surface area contributed by atoms with Crippen molar-refractivity contribution in [1.29, 1.82) is 0 Å². The average molecular weight is 309 g/mol. The van der Waals surface area contributed by atoms with Crippen LogP contribution in [0.5, 0.6) is 0 Å². The molecule has 1 fully saturated rings. The summed E-state index contributed by atoms with van der Waals surface area (Å²) in [4.78, 5) is 34.6. The molecule has 1 saturated heterocycles. The van der Waals surface area contributed by atoms with E-state index in [4.69, 9.17) is 0 Å². The van der Waals surface area contributed by atoms with Gasteiger partial charge in [0.1, 0.15) is 5.57 Å². The summed E-state index contributed by atoms with van der Waals surface area (Å²) in [6.45, 7) is 0. The fourth-order valence-corrected chi connectivity index (χ4v) is 2.21. The first-order chi connectivity index (χ1) is 11.1. The van der Waals surface area contributed by atoms with Gasteiger partial charge in [0.2, 0.25) is 0 Å². The van der Waals surface area contributed by atoms with Crippen molar-refractivity contribution in [2.45, 2.75) is 0 Å². The fraction of sp³-hybridized carbons (Fsp3) is 0. The summed E-state index contributed by atoms with van der Waals surface area (Å²) in [5, 5.41) is 11.9. The molecule has 2 aromatic rings. The average Bonchev–Trinajstić information content (AvgIpc) is 2.84. The van der Waals surface area contributed by atoms with Crippen molar-refractivity contribution in [1.82, 2.24) is 5.43 Å². The Labute approximate surface area is 131 Å². The van der Waals surface area contributed by atoms with E-state index in [0.29, 0.717) is 11.3 Å². The van der Waals surface area contributed by atoms with E-state index in [1.807, 2.05) is 0 Å². The molecule has 1 aliphatic heterocycles. The quantitative estimate of drug-likeness (QED) is 0.406. The van der Waals surface area contributed by atoms with Crippen molar-refractivity contribution in [3.63, 3.8) is 0 Å². The van der Waals surface area contributed by atoms with E-state index < -0.39 is 16.7 Å². The SMILES string of the molecule is O=C1NN(c2ccccc2)C(=O)/C1=C\c1cccc([N+](=O)[O-])c1. The molecule has 0 aliphatic carbocycles. The number of benzene rings is 2. The molecule has 1 heterocycles. The van der Waals surface area contributed by atoms with Crippen LogP contribution in [-0.4, -0.2) is 16.7 Å². The third-order valence-corrected chi connectivity index (χ3v) is 3.30. The number of hydrazine groups is 1. The van der Waals surface area contributed by atoms with Crippen molar-refractivity contribution in [3.8, 4) is 0 Å². The summed E-state index contributed by atoms with van der Waals surface area (Å²) >= 11 is 0. The first kappa shape index (κ1) is 14.5. The molecule has 0 bridgehead atoms. The molecular weight excluding hydrogens is 298 g/mol. The topological polar surface area (TPSA) is 92.6 Å². The van der Waals surface area contributed by atoms with Crippen LogP contribution in [0.2, 0.25) is 0 Å². The second kappa shape index (κ2) is 5.72. The van der Waals surface area contributed by atoms with Gasteiger partial charge in [0.25, 0.3) is 17.5 Å². The highest BCUT2D eigenvalue weighted by Gasteiger charge is 2.34. The number of nitro benzene ring substituents is 1. The van der Waals surface area contributed by atoms with Crippen LogP contribution in [0.25, 0.3) is 6.08 Å². The molecule has 23 heavy (non-hydrogen) atoms. The summed E-state index contributed by atoms with van der Waals surface area (Å²) in [5.74, 6) is -1.06. The lowest BCUT2D eigenvalue weighted by Gasteiger charge is -2.13. The molecule has 7 nitrogen and oxygen atoms in total. The first-order valence-electron chi connectivity index (χ1n) is 6.73. The van der Waals surface area contributed by atoms with Gasteiger partial charge in [-0.15, -0.1) is 0 Å². The van der Waals surface area contributed by atoms with Gasteiger partial charge in [-0.2, -0.15) is 0 Å². The van der Waals surface area contributed by atoms with Crippen molar-refractivity contribution in [3.05, 3.63) is 75.8 Å². The van der Waals surface area contributed by atoms with E-state index in [1.54, 1.807) is 36.4 Å². The largest absolute Gasteiger partial charge is 0.282 e. The van der Waals surface area contributed by atoms with E-state index in [-0.39, 0.29) is 11.3 Å². The van der Waals surface area contributed by atoms with Crippen molar-refractivity contribution < 1.29 is 14.5 Å². The van der Waals surface area contributed by atoms with Gasteiger partial charge in [0.05, 0.1) is 10.6 Å². The Balaban J connectivity index is 1.94. The third kappa shape index (κ3) is 2.80. The summed E-state index contributed by atoms with van der Waals surface area (Å²) in [6.07, 6.45) is 1.34. The van der Waals surface area contributed by atoms with Crippen LogP contribution < -0.4 is 10.4 Å². The van der Waals surface area contributed by atoms with Crippen LogP contribution in [0, 0.1) is 10.1 Å². The minimum Gasteiger partial charge on any atom is -0.267 e. The number of rotatable bonds is 3. The minimum absolute atomic E-state index is 0.0747. The van der Waals surface area contributed by atoms with Crippen molar-refractivity contribution in [2.75, 3.05) is 5.01 Å². The smallest absolute Gasteiger partial charge is 0.267 e. The van der Waals surface area contributed by atoms with Gasteiger partial charge in [0.15, 0.2) is 0 Å². The van der Waals surface area contributed by atoms with Gasteiger partial charge in [-0.1, -0.05) is 30.3 Å². The van der Waals surface area contributed by atoms with E-state index >= 15 is 0 Å². The number of anilines is 1. The van der Waals surface area contributed by atoms with E-state index in [0.717, 1.165) is 5.01 Å². The van der Waals surface area contributed by atoms with Gasteiger partial charge >= 0.3 is 0 Å². The third-order valence-electron chi connectivity index (χ3n) is 3.30. The lowest BCUT2D eigenvalue weighted by atomic mass is 10.1. The number of hydrogen-bond acceptors (Lipinski definition) is 4. The number of carbonyl (C=O) groups is 2. The second-order valence-electron chi connectivity index (χ2n) is 4.83. The number of amides is 2. The number of nitro groups is 1. The van der Waals surface area contributed by atoms with Crippen LogP contribution in [0.15, 0.2) is 60.2 Å². The molecule has 0 atom stereocenters. The first-order valence-corrected chi connectivity index (χ1v) is 6.73. The fourth-order valence-electron chi connectivity index (χ4n) is 2.21. The predicted molar refractivity (Wildman–Crippen MR) is 83.1 cm³/mol. The summed E-state index contributed by atoms with van der Waals surface area (Å²) in [6, 6.07) is 14.4. The predicted octanol–water partition coefficient (Wildman–Crippen LogP) is 2.06. The van der Waals surface area contributed by atoms with Crippen LogP contribution in [0.4, 0.5) is 11.4 Å². The minimum atomic E-state index is -0.551. The van der Waals surface area contributed by atoms with Crippen LogP contribution in [-0.2, 0) is 9.59 Å².